The number of benzene rings is 1. The Balaban J connectivity index is 2.00. The van der Waals surface area contributed by atoms with E-state index in [1.807, 2.05) is 6.07 Å². The molecule has 20 heavy (non-hydrogen) atoms. The van der Waals surface area contributed by atoms with Gasteiger partial charge >= 0.3 is 0 Å². The van der Waals surface area contributed by atoms with Crippen LogP contribution in [0.1, 0.15) is 57.1 Å². The predicted octanol–water partition coefficient (Wildman–Crippen LogP) is 4.46. The number of rotatable bonds is 7. The maximum atomic E-state index is 13.8. The van der Waals surface area contributed by atoms with Gasteiger partial charge < -0.3 is 10.1 Å². The number of hydrogen-bond donors (Lipinski definition) is 1. The van der Waals surface area contributed by atoms with Gasteiger partial charge in [0.2, 0.25) is 0 Å². The van der Waals surface area contributed by atoms with Crippen molar-refractivity contribution in [1.82, 2.24) is 5.32 Å². The van der Waals surface area contributed by atoms with Crippen LogP contribution in [-0.4, -0.2) is 13.7 Å². The Kier molecular flexibility index (Phi) is 5.84. The summed E-state index contributed by atoms with van der Waals surface area (Å²) in [4.78, 5) is 0. The molecule has 1 unspecified atom stereocenters. The zero-order valence-corrected chi connectivity index (χ0v) is 12.6. The van der Waals surface area contributed by atoms with Crippen molar-refractivity contribution >= 4 is 0 Å². The summed E-state index contributed by atoms with van der Waals surface area (Å²) in [5.41, 5.74) is 1.03. The molecule has 0 saturated heterocycles. The molecular formula is C17H26FNO. The first-order chi connectivity index (χ1) is 9.74. The molecule has 1 aromatic carbocycles. The lowest BCUT2D eigenvalue weighted by Crippen LogP contribution is -2.21. The molecule has 112 valence electrons. The zero-order chi connectivity index (χ0) is 14.4. The van der Waals surface area contributed by atoms with Gasteiger partial charge in [-0.3, -0.25) is 0 Å². The normalized spacial score (nSPS) is 17.4. The summed E-state index contributed by atoms with van der Waals surface area (Å²) in [5.74, 6) is 0.924. The first-order valence-electron chi connectivity index (χ1n) is 7.81. The van der Waals surface area contributed by atoms with E-state index in [1.165, 1.54) is 39.2 Å². The molecule has 0 aromatic heterocycles. The lowest BCUT2D eigenvalue weighted by Gasteiger charge is -2.20. The van der Waals surface area contributed by atoms with Crippen molar-refractivity contribution in [2.75, 3.05) is 13.7 Å². The minimum absolute atomic E-state index is 0.251. The van der Waals surface area contributed by atoms with E-state index in [0.717, 1.165) is 24.4 Å². The Morgan fingerprint density at radius 3 is 2.70 bits per heavy atom. The van der Waals surface area contributed by atoms with Gasteiger partial charge in [-0.2, -0.15) is 0 Å². The van der Waals surface area contributed by atoms with Crippen LogP contribution < -0.4 is 10.1 Å². The lowest BCUT2D eigenvalue weighted by atomic mass is 9.94. The van der Waals surface area contributed by atoms with Crippen LogP contribution in [0, 0.1) is 11.7 Å². The maximum Gasteiger partial charge on any atom is 0.165 e. The smallest absolute Gasteiger partial charge is 0.165 e. The van der Waals surface area contributed by atoms with E-state index in [1.54, 1.807) is 12.1 Å². The van der Waals surface area contributed by atoms with Crippen LogP contribution >= 0.6 is 0 Å². The van der Waals surface area contributed by atoms with Gasteiger partial charge in [0, 0.05) is 6.04 Å². The summed E-state index contributed by atoms with van der Waals surface area (Å²) >= 11 is 0. The highest BCUT2D eigenvalue weighted by molar-refractivity contribution is 5.31. The summed E-state index contributed by atoms with van der Waals surface area (Å²) in [6.07, 6.45) is 7.84. The molecule has 2 rings (SSSR count). The minimum atomic E-state index is -0.270. The molecule has 3 heteroatoms. The molecule has 0 amide bonds. The predicted molar refractivity (Wildman–Crippen MR) is 80.6 cm³/mol. The first-order valence-corrected chi connectivity index (χ1v) is 7.81. The van der Waals surface area contributed by atoms with Crippen molar-refractivity contribution in [3.63, 3.8) is 0 Å². The molecule has 1 aliphatic carbocycles. The molecule has 1 aliphatic rings. The minimum Gasteiger partial charge on any atom is -0.494 e. The molecule has 0 heterocycles. The first kappa shape index (κ1) is 15.3. The third-order valence-electron chi connectivity index (χ3n) is 4.37. The highest BCUT2D eigenvalue weighted by atomic mass is 19.1. The van der Waals surface area contributed by atoms with Gasteiger partial charge in [-0.15, -0.1) is 0 Å². The molecule has 2 nitrogen and oxygen atoms in total. The SMILES string of the molecule is CCNC(CCC1CCCC1)c1ccc(OC)c(F)c1. The molecule has 1 N–H and O–H groups in total. The van der Waals surface area contributed by atoms with E-state index in [4.69, 9.17) is 4.74 Å². The summed E-state index contributed by atoms with van der Waals surface area (Å²) < 4.78 is 18.8. The standard InChI is InChI=1S/C17H26FNO/c1-3-19-16(10-8-13-6-4-5-7-13)14-9-11-17(20-2)15(18)12-14/h9,11-13,16,19H,3-8,10H2,1-2H3. The average Bonchev–Trinajstić information content (AvgIpc) is 2.96. The van der Waals surface area contributed by atoms with Crippen LogP contribution in [0.15, 0.2) is 18.2 Å². The van der Waals surface area contributed by atoms with Gasteiger partial charge in [0.1, 0.15) is 0 Å². The van der Waals surface area contributed by atoms with E-state index in [0.29, 0.717) is 5.75 Å². The zero-order valence-electron chi connectivity index (χ0n) is 12.6. The Morgan fingerprint density at radius 2 is 2.10 bits per heavy atom. The fourth-order valence-corrected chi connectivity index (χ4v) is 3.23. The lowest BCUT2D eigenvalue weighted by molar-refractivity contribution is 0.383. The van der Waals surface area contributed by atoms with Gasteiger partial charge in [-0.1, -0.05) is 38.7 Å². The van der Waals surface area contributed by atoms with Crippen molar-refractivity contribution in [3.05, 3.63) is 29.6 Å². The van der Waals surface area contributed by atoms with Gasteiger partial charge in [0.15, 0.2) is 11.6 Å². The highest BCUT2D eigenvalue weighted by Gasteiger charge is 2.18. The van der Waals surface area contributed by atoms with Crippen LogP contribution in [0.3, 0.4) is 0 Å². The summed E-state index contributed by atoms with van der Waals surface area (Å²) in [5, 5.41) is 3.48. The number of methoxy groups -OCH3 is 1. The third-order valence-corrected chi connectivity index (χ3v) is 4.37. The maximum absolute atomic E-state index is 13.8. The Labute approximate surface area is 121 Å². The molecule has 1 atom stereocenters. The van der Waals surface area contributed by atoms with Crippen molar-refractivity contribution in [1.29, 1.82) is 0 Å². The second-order valence-electron chi connectivity index (χ2n) is 5.73. The summed E-state index contributed by atoms with van der Waals surface area (Å²) in [6, 6.07) is 5.57. The number of ether oxygens (including phenoxy) is 1. The molecule has 0 spiro atoms. The van der Waals surface area contributed by atoms with Gasteiger partial charge in [0.05, 0.1) is 7.11 Å². The monoisotopic (exact) mass is 279 g/mol. The van der Waals surface area contributed by atoms with Gasteiger partial charge in [0.25, 0.3) is 0 Å². The van der Waals surface area contributed by atoms with E-state index < -0.39 is 0 Å². The molecule has 0 aliphatic heterocycles. The van der Waals surface area contributed by atoms with E-state index in [9.17, 15) is 4.39 Å². The molecule has 0 radical (unpaired) electrons. The number of nitrogens with one attached hydrogen (secondary N) is 1. The third kappa shape index (κ3) is 3.95. The van der Waals surface area contributed by atoms with Crippen LogP contribution in [0.2, 0.25) is 0 Å². The largest absolute Gasteiger partial charge is 0.494 e. The van der Waals surface area contributed by atoms with Gasteiger partial charge in [-0.25, -0.2) is 4.39 Å². The van der Waals surface area contributed by atoms with E-state index in [2.05, 4.69) is 12.2 Å². The second-order valence-corrected chi connectivity index (χ2v) is 5.73. The van der Waals surface area contributed by atoms with Crippen LogP contribution in [0.4, 0.5) is 4.39 Å². The van der Waals surface area contributed by atoms with Crippen molar-refractivity contribution in [2.24, 2.45) is 5.92 Å². The molecule has 0 bridgehead atoms. The molecule has 1 saturated carbocycles. The van der Waals surface area contributed by atoms with Crippen molar-refractivity contribution < 1.29 is 9.13 Å². The fraction of sp³-hybridized carbons (Fsp3) is 0.647. The Bertz CT molecular complexity index is 415. The highest BCUT2D eigenvalue weighted by Crippen LogP contribution is 2.32. The van der Waals surface area contributed by atoms with Crippen molar-refractivity contribution in [2.45, 2.75) is 51.5 Å². The summed E-state index contributed by atoms with van der Waals surface area (Å²) in [6.45, 7) is 3.01. The summed E-state index contributed by atoms with van der Waals surface area (Å²) in [7, 11) is 1.50. The second kappa shape index (κ2) is 7.63. The Hall–Kier alpha value is -1.09. The molecule has 1 aromatic rings. The van der Waals surface area contributed by atoms with Crippen LogP contribution in [-0.2, 0) is 0 Å². The quantitative estimate of drug-likeness (QED) is 0.796. The Morgan fingerprint density at radius 1 is 1.35 bits per heavy atom. The van der Waals surface area contributed by atoms with Crippen molar-refractivity contribution in [3.8, 4) is 5.75 Å². The van der Waals surface area contributed by atoms with E-state index in [-0.39, 0.29) is 11.9 Å². The molecular weight excluding hydrogens is 253 g/mol. The van der Waals surface area contributed by atoms with Crippen LogP contribution in [0.5, 0.6) is 5.75 Å². The molecule has 1 fully saturated rings. The van der Waals surface area contributed by atoms with E-state index >= 15 is 0 Å². The van der Waals surface area contributed by atoms with Gasteiger partial charge in [-0.05, 0) is 43.0 Å². The number of halogens is 1. The topological polar surface area (TPSA) is 21.3 Å². The average molecular weight is 279 g/mol. The fourth-order valence-electron chi connectivity index (χ4n) is 3.23. The van der Waals surface area contributed by atoms with Crippen LogP contribution in [0.25, 0.3) is 0 Å². The number of hydrogen-bond acceptors (Lipinski definition) is 2.